The molecule has 2 nitrogen and oxygen atoms in total. The van der Waals surface area contributed by atoms with Crippen molar-refractivity contribution in [1.82, 2.24) is 4.90 Å². The molecule has 2 heterocycles. The highest BCUT2D eigenvalue weighted by molar-refractivity contribution is 5.79. The number of hydrogen-bond acceptors (Lipinski definition) is 1. The van der Waals surface area contributed by atoms with Crippen LogP contribution in [0.1, 0.15) is 25.7 Å². The summed E-state index contributed by atoms with van der Waals surface area (Å²) in [5.74, 6) is 0.349. The van der Waals surface area contributed by atoms with Gasteiger partial charge in [0.25, 0.3) is 0 Å². The van der Waals surface area contributed by atoms with Crippen LogP contribution in [0.15, 0.2) is 12.2 Å². The van der Waals surface area contributed by atoms with E-state index in [0.29, 0.717) is 11.9 Å². The second-order valence-electron chi connectivity index (χ2n) is 3.26. The number of amides is 1. The van der Waals surface area contributed by atoms with Gasteiger partial charge in [-0.3, -0.25) is 4.79 Å². The van der Waals surface area contributed by atoms with E-state index in [-0.39, 0.29) is 0 Å². The summed E-state index contributed by atoms with van der Waals surface area (Å²) in [5.41, 5.74) is 0. The van der Waals surface area contributed by atoms with Gasteiger partial charge in [-0.1, -0.05) is 12.2 Å². The van der Waals surface area contributed by atoms with Crippen LogP contribution in [-0.4, -0.2) is 23.4 Å². The molecule has 2 aliphatic heterocycles. The normalized spacial score (nSPS) is 30.4. The largest absolute Gasteiger partial charge is 0.336 e. The molecule has 0 saturated carbocycles. The minimum atomic E-state index is 0.349. The zero-order chi connectivity index (χ0) is 7.68. The second-order valence-corrected chi connectivity index (χ2v) is 3.26. The summed E-state index contributed by atoms with van der Waals surface area (Å²) in [4.78, 5) is 13.3. The van der Waals surface area contributed by atoms with Gasteiger partial charge in [0.2, 0.25) is 5.91 Å². The van der Waals surface area contributed by atoms with E-state index in [2.05, 4.69) is 12.2 Å². The zero-order valence-electron chi connectivity index (χ0n) is 6.62. The lowest BCUT2D eigenvalue weighted by atomic mass is 10.2. The van der Waals surface area contributed by atoms with Crippen molar-refractivity contribution in [3.63, 3.8) is 0 Å². The summed E-state index contributed by atoms with van der Waals surface area (Å²) in [7, 11) is 0. The predicted octanol–water partition coefficient (Wildman–Crippen LogP) is 1.33. The summed E-state index contributed by atoms with van der Waals surface area (Å²) in [6.45, 7) is 0.969. The van der Waals surface area contributed by atoms with Crippen LogP contribution >= 0.6 is 0 Å². The fraction of sp³-hybridized carbons (Fsp3) is 0.667. The molecule has 1 amide bonds. The van der Waals surface area contributed by atoms with Gasteiger partial charge in [0, 0.05) is 13.0 Å². The summed E-state index contributed by atoms with van der Waals surface area (Å²) in [6.07, 6.45) is 8.48. The molecule has 0 aromatic carbocycles. The molecule has 0 aromatic rings. The third-order valence-electron chi connectivity index (χ3n) is 2.50. The van der Waals surface area contributed by atoms with E-state index in [9.17, 15) is 4.79 Å². The predicted molar refractivity (Wildman–Crippen MR) is 43.1 cm³/mol. The van der Waals surface area contributed by atoms with Gasteiger partial charge in [0.15, 0.2) is 0 Å². The van der Waals surface area contributed by atoms with Crippen molar-refractivity contribution in [1.29, 1.82) is 0 Å². The van der Waals surface area contributed by atoms with Crippen molar-refractivity contribution >= 4 is 5.91 Å². The zero-order valence-corrected chi connectivity index (χ0v) is 6.62. The number of hydrogen-bond donors (Lipinski definition) is 0. The Morgan fingerprint density at radius 2 is 2.45 bits per heavy atom. The van der Waals surface area contributed by atoms with E-state index in [1.54, 1.807) is 0 Å². The van der Waals surface area contributed by atoms with Crippen LogP contribution in [0.2, 0.25) is 0 Å². The molecule has 2 rings (SSSR count). The van der Waals surface area contributed by atoms with E-state index in [0.717, 1.165) is 32.2 Å². The minimum absolute atomic E-state index is 0.349. The molecule has 2 heteroatoms. The van der Waals surface area contributed by atoms with Crippen LogP contribution in [0, 0.1) is 0 Å². The van der Waals surface area contributed by atoms with Crippen molar-refractivity contribution in [2.45, 2.75) is 31.7 Å². The molecule has 1 saturated heterocycles. The Labute approximate surface area is 66.9 Å². The van der Waals surface area contributed by atoms with Gasteiger partial charge in [-0.15, -0.1) is 0 Å². The van der Waals surface area contributed by atoms with E-state index < -0.39 is 0 Å². The molecule has 1 atom stereocenters. The number of fused-ring (bicyclic) bond motifs is 1. The summed E-state index contributed by atoms with van der Waals surface area (Å²) in [5, 5.41) is 0. The Bertz CT molecular complexity index is 198. The highest BCUT2D eigenvalue weighted by Gasteiger charge is 2.28. The van der Waals surface area contributed by atoms with Crippen molar-refractivity contribution in [2.24, 2.45) is 0 Å². The average molecular weight is 151 g/mol. The summed E-state index contributed by atoms with van der Waals surface area (Å²) >= 11 is 0. The molecule has 0 radical (unpaired) electrons. The van der Waals surface area contributed by atoms with Crippen molar-refractivity contribution in [3.8, 4) is 0 Å². The van der Waals surface area contributed by atoms with Crippen LogP contribution in [-0.2, 0) is 4.79 Å². The average Bonchev–Trinajstić information content (AvgIpc) is 2.25. The van der Waals surface area contributed by atoms with Gasteiger partial charge in [-0.25, -0.2) is 0 Å². The number of carbonyl (C=O) groups excluding carboxylic acids is 1. The minimum Gasteiger partial charge on any atom is -0.336 e. The molecule has 0 N–H and O–H groups in total. The first-order valence-electron chi connectivity index (χ1n) is 4.34. The first-order valence-corrected chi connectivity index (χ1v) is 4.34. The number of rotatable bonds is 0. The maximum atomic E-state index is 11.3. The quantitative estimate of drug-likeness (QED) is 0.478. The maximum Gasteiger partial charge on any atom is 0.223 e. The molecule has 11 heavy (non-hydrogen) atoms. The van der Waals surface area contributed by atoms with E-state index in [1.165, 1.54) is 0 Å². The van der Waals surface area contributed by atoms with Gasteiger partial charge in [0.05, 0.1) is 6.04 Å². The third kappa shape index (κ3) is 1.17. The Kier molecular flexibility index (Phi) is 1.68. The maximum absolute atomic E-state index is 11.3. The molecule has 60 valence electrons. The van der Waals surface area contributed by atoms with Crippen molar-refractivity contribution < 1.29 is 4.79 Å². The molecule has 0 aliphatic carbocycles. The molecule has 0 bridgehead atoms. The van der Waals surface area contributed by atoms with Crippen LogP contribution in [0.3, 0.4) is 0 Å². The smallest absolute Gasteiger partial charge is 0.223 e. The van der Waals surface area contributed by atoms with Gasteiger partial charge in [-0.2, -0.15) is 0 Å². The lowest BCUT2D eigenvalue weighted by Crippen LogP contribution is -2.31. The van der Waals surface area contributed by atoms with Crippen LogP contribution < -0.4 is 0 Å². The highest BCUT2D eigenvalue weighted by atomic mass is 16.2. The molecule has 0 aromatic heterocycles. The molecular weight excluding hydrogens is 138 g/mol. The monoisotopic (exact) mass is 151 g/mol. The highest BCUT2D eigenvalue weighted by Crippen LogP contribution is 2.22. The Hall–Kier alpha value is -0.790. The Morgan fingerprint density at radius 3 is 3.36 bits per heavy atom. The Balaban J connectivity index is 2.15. The molecular formula is C9H13NO. The molecule has 1 fully saturated rings. The summed E-state index contributed by atoms with van der Waals surface area (Å²) in [6, 6.07) is 0.435. The molecule has 0 spiro atoms. The van der Waals surface area contributed by atoms with E-state index in [1.807, 2.05) is 4.90 Å². The SMILES string of the molecule is O=C1CC[C@@H]2C=CCCCN12. The second kappa shape index (κ2) is 2.68. The van der Waals surface area contributed by atoms with Crippen molar-refractivity contribution in [2.75, 3.05) is 6.54 Å². The molecule has 2 aliphatic rings. The van der Waals surface area contributed by atoms with Gasteiger partial charge < -0.3 is 4.90 Å². The van der Waals surface area contributed by atoms with Crippen LogP contribution in [0.5, 0.6) is 0 Å². The topological polar surface area (TPSA) is 20.3 Å². The first-order chi connectivity index (χ1) is 5.38. The van der Waals surface area contributed by atoms with Crippen LogP contribution in [0.4, 0.5) is 0 Å². The fourth-order valence-electron chi connectivity index (χ4n) is 1.88. The van der Waals surface area contributed by atoms with Gasteiger partial charge >= 0.3 is 0 Å². The Morgan fingerprint density at radius 1 is 1.55 bits per heavy atom. The van der Waals surface area contributed by atoms with Gasteiger partial charge in [0.1, 0.15) is 0 Å². The van der Waals surface area contributed by atoms with E-state index >= 15 is 0 Å². The standard InChI is InChI=1S/C9H13NO/c11-9-6-5-8-4-2-1-3-7-10(8)9/h2,4,8H,1,3,5-7H2/t8-/m0/s1. The lowest BCUT2D eigenvalue weighted by molar-refractivity contribution is -0.128. The fourth-order valence-corrected chi connectivity index (χ4v) is 1.88. The number of carbonyl (C=O) groups is 1. The third-order valence-corrected chi connectivity index (χ3v) is 2.50. The lowest BCUT2D eigenvalue weighted by Gasteiger charge is -2.19. The first kappa shape index (κ1) is 6.89. The van der Waals surface area contributed by atoms with Crippen molar-refractivity contribution in [3.05, 3.63) is 12.2 Å². The molecule has 0 unspecified atom stereocenters. The number of allylic oxidation sites excluding steroid dienone is 1. The number of nitrogens with zero attached hydrogens (tertiary/aromatic N) is 1. The van der Waals surface area contributed by atoms with Gasteiger partial charge in [-0.05, 0) is 19.3 Å². The summed E-state index contributed by atoms with van der Waals surface area (Å²) < 4.78 is 0. The van der Waals surface area contributed by atoms with E-state index in [4.69, 9.17) is 0 Å². The van der Waals surface area contributed by atoms with Crippen LogP contribution in [0.25, 0.3) is 0 Å².